The van der Waals surface area contributed by atoms with Gasteiger partial charge in [0.1, 0.15) is 5.75 Å². The molecule has 5 nitrogen and oxygen atoms in total. The van der Waals surface area contributed by atoms with E-state index in [1.807, 2.05) is 43.3 Å². The molecule has 0 radical (unpaired) electrons. The third-order valence-electron chi connectivity index (χ3n) is 4.27. The summed E-state index contributed by atoms with van der Waals surface area (Å²) in [4.78, 5) is 25.8. The average Bonchev–Trinajstić information content (AvgIpc) is 2.64. The molecule has 0 atom stereocenters. The summed E-state index contributed by atoms with van der Waals surface area (Å²) in [5.74, 6) is 0.686. The number of hydrogen-bond acceptors (Lipinski definition) is 3. The summed E-state index contributed by atoms with van der Waals surface area (Å²) >= 11 is 0. The first-order chi connectivity index (χ1) is 12.5. The monoisotopic (exact) mass is 354 g/mol. The second-order valence-corrected chi connectivity index (χ2v) is 6.19. The van der Waals surface area contributed by atoms with Gasteiger partial charge < -0.3 is 15.0 Å². The molecule has 0 spiro atoms. The maximum atomic E-state index is 12.1. The van der Waals surface area contributed by atoms with E-state index >= 15 is 0 Å². The predicted octanol–water partition coefficient (Wildman–Crippen LogP) is 2.82. The molecule has 2 aromatic carbocycles. The summed E-state index contributed by atoms with van der Waals surface area (Å²) in [6.07, 6.45) is 0.704. The van der Waals surface area contributed by atoms with E-state index in [9.17, 15) is 9.59 Å². The lowest BCUT2D eigenvalue weighted by molar-refractivity contribution is -0.128. The van der Waals surface area contributed by atoms with Crippen LogP contribution < -0.4 is 10.1 Å². The Hall–Kier alpha value is -2.82. The summed E-state index contributed by atoms with van der Waals surface area (Å²) in [7, 11) is 1.64. The molecule has 0 aromatic heterocycles. The van der Waals surface area contributed by atoms with Crippen LogP contribution >= 0.6 is 0 Å². The van der Waals surface area contributed by atoms with E-state index in [1.54, 1.807) is 31.1 Å². The van der Waals surface area contributed by atoms with Crippen LogP contribution in [0.15, 0.2) is 48.5 Å². The van der Waals surface area contributed by atoms with Gasteiger partial charge in [-0.25, -0.2) is 0 Å². The van der Waals surface area contributed by atoms with Gasteiger partial charge in [0.05, 0.1) is 7.11 Å². The minimum atomic E-state index is -0.127. The molecular weight excluding hydrogens is 328 g/mol. The predicted molar refractivity (Wildman–Crippen MR) is 102 cm³/mol. The molecule has 0 saturated carbocycles. The third-order valence-corrected chi connectivity index (χ3v) is 4.27. The second-order valence-electron chi connectivity index (χ2n) is 6.19. The van der Waals surface area contributed by atoms with Crippen LogP contribution in [-0.4, -0.2) is 43.5 Å². The molecule has 5 heteroatoms. The maximum Gasteiger partial charge on any atom is 0.251 e. The number of aryl methyl sites for hydroxylation is 1. The van der Waals surface area contributed by atoms with Gasteiger partial charge in [-0.05, 0) is 37.1 Å². The van der Waals surface area contributed by atoms with Crippen molar-refractivity contribution in [2.45, 2.75) is 20.3 Å². The van der Waals surface area contributed by atoms with Crippen LogP contribution in [-0.2, 0) is 11.2 Å². The quantitative estimate of drug-likeness (QED) is 0.793. The molecule has 26 heavy (non-hydrogen) atoms. The van der Waals surface area contributed by atoms with Crippen LogP contribution in [0, 0.1) is 6.92 Å². The maximum absolute atomic E-state index is 12.1. The van der Waals surface area contributed by atoms with Crippen LogP contribution in [0.1, 0.15) is 28.4 Å². The first kappa shape index (κ1) is 19.5. The normalized spacial score (nSPS) is 10.3. The number of ether oxygens (including phenoxy) is 1. The SMILES string of the molecule is COc1ccccc1CCN(CCNC(=O)c1ccc(C)cc1)C(C)=O. The van der Waals surface area contributed by atoms with Gasteiger partial charge in [-0.2, -0.15) is 0 Å². The van der Waals surface area contributed by atoms with Crippen LogP contribution in [0.3, 0.4) is 0 Å². The molecule has 138 valence electrons. The fourth-order valence-corrected chi connectivity index (χ4v) is 2.70. The van der Waals surface area contributed by atoms with Crippen molar-refractivity contribution in [3.8, 4) is 5.75 Å². The van der Waals surface area contributed by atoms with Gasteiger partial charge in [0.2, 0.25) is 5.91 Å². The van der Waals surface area contributed by atoms with E-state index in [0.717, 1.165) is 16.9 Å². The van der Waals surface area contributed by atoms with Crippen molar-refractivity contribution in [3.63, 3.8) is 0 Å². The van der Waals surface area contributed by atoms with E-state index in [4.69, 9.17) is 4.74 Å². The molecule has 2 amide bonds. The van der Waals surface area contributed by atoms with E-state index < -0.39 is 0 Å². The molecule has 2 aromatic rings. The zero-order chi connectivity index (χ0) is 18.9. The number of carbonyl (C=O) groups excluding carboxylic acids is 2. The van der Waals surface area contributed by atoms with Gasteiger partial charge in [0.15, 0.2) is 0 Å². The van der Waals surface area contributed by atoms with E-state index in [0.29, 0.717) is 31.6 Å². The summed E-state index contributed by atoms with van der Waals surface area (Å²) in [6, 6.07) is 15.2. The minimum absolute atomic E-state index is 0.00974. The van der Waals surface area contributed by atoms with Crippen LogP contribution in [0.2, 0.25) is 0 Å². The second kappa shape index (κ2) is 9.61. The van der Waals surface area contributed by atoms with Gasteiger partial charge in [0.25, 0.3) is 5.91 Å². The van der Waals surface area contributed by atoms with Gasteiger partial charge in [-0.3, -0.25) is 9.59 Å². The number of para-hydroxylation sites is 1. The Bertz CT molecular complexity index is 741. The first-order valence-electron chi connectivity index (χ1n) is 8.73. The molecule has 0 heterocycles. The molecule has 1 N–H and O–H groups in total. The Kier molecular flexibility index (Phi) is 7.21. The van der Waals surface area contributed by atoms with Crippen molar-refractivity contribution >= 4 is 11.8 Å². The smallest absolute Gasteiger partial charge is 0.251 e. The molecule has 0 aliphatic heterocycles. The van der Waals surface area contributed by atoms with Crippen molar-refractivity contribution < 1.29 is 14.3 Å². The Labute approximate surface area is 155 Å². The van der Waals surface area contributed by atoms with E-state index in [-0.39, 0.29) is 11.8 Å². The highest BCUT2D eigenvalue weighted by molar-refractivity contribution is 5.94. The number of rotatable bonds is 8. The summed E-state index contributed by atoms with van der Waals surface area (Å²) in [5.41, 5.74) is 2.80. The molecule has 0 aliphatic rings. The molecule has 0 saturated heterocycles. The first-order valence-corrected chi connectivity index (χ1v) is 8.73. The minimum Gasteiger partial charge on any atom is -0.496 e. The molecule has 0 aliphatic carbocycles. The lowest BCUT2D eigenvalue weighted by Crippen LogP contribution is -2.38. The topological polar surface area (TPSA) is 58.6 Å². The van der Waals surface area contributed by atoms with Gasteiger partial charge in [-0.1, -0.05) is 35.9 Å². The zero-order valence-electron chi connectivity index (χ0n) is 15.6. The van der Waals surface area contributed by atoms with Crippen molar-refractivity contribution in [3.05, 3.63) is 65.2 Å². The Balaban J connectivity index is 1.85. The van der Waals surface area contributed by atoms with Crippen LogP contribution in [0.4, 0.5) is 0 Å². The van der Waals surface area contributed by atoms with E-state index in [1.165, 1.54) is 0 Å². The number of nitrogens with one attached hydrogen (secondary N) is 1. The standard InChI is InChI=1S/C21H26N2O3/c1-16-8-10-19(11-9-16)21(25)22-13-15-23(17(2)24)14-12-18-6-4-5-7-20(18)26-3/h4-11H,12-15H2,1-3H3,(H,22,25). The molecule has 2 rings (SSSR count). The van der Waals surface area contributed by atoms with Crippen molar-refractivity contribution in [2.75, 3.05) is 26.7 Å². The lowest BCUT2D eigenvalue weighted by atomic mass is 10.1. The molecule has 0 bridgehead atoms. The summed E-state index contributed by atoms with van der Waals surface area (Å²) in [6.45, 7) is 4.99. The Morgan fingerprint density at radius 2 is 1.73 bits per heavy atom. The number of nitrogens with zero attached hydrogens (tertiary/aromatic N) is 1. The molecule has 0 fully saturated rings. The third kappa shape index (κ3) is 5.62. The number of amides is 2. The van der Waals surface area contributed by atoms with Crippen molar-refractivity contribution in [1.29, 1.82) is 0 Å². The van der Waals surface area contributed by atoms with Gasteiger partial charge in [-0.15, -0.1) is 0 Å². The van der Waals surface area contributed by atoms with Crippen LogP contribution in [0.25, 0.3) is 0 Å². The largest absolute Gasteiger partial charge is 0.496 e. The summed E-state index contributed by atoms with van der Waals surface area (Å²) < 4.78 is 5.35. The van der Waals surface area contributed by atoms with Gasteiger partial charge in [0, 0.05) is 32.1 Å². The fourth-order valence-electron chi connectivity index (χ4n) is 2.70. The van der Waals surface area contributed by atoms with E-state index in [2.05, 4.69) is 5.32 Å². The Morgan fingerprint density at radius 3 is 2.38 bits per heavy atom. The molecule has 0 unspecified atom stereocenters. The Morgan fingerprint density at radius 1 is 1.04 bits per heavy atom. The highest BCUT2D eigenvalue weighted by atomic mass is 16.5. The highest BCUT2D eigenvalue weighted by Crippen LogP contribution is 2.18. The fraction of sp³-hybridized carbons (Fsp3) is 0.333. The van der Waals surface area contributed by atoms with Gasteiger partial charge >= 0.3 is 0 Å². The zero-order valence-corrected chi connectivity index (χ0v) is 15.6. The van der Waals surface area contributed by atoms with Crippen LogP contribution in [0.5, 0.6) is 5.75 Å². The average molecular weight is 354 g/mol. The molecular formula is C21H26N2O3. The number of carbonyl (C=O) groups is 2. The van der Waals surface area contributed by atoms with Crippen molar-refractivity contribution in [1.82, 2.24) is 10.2 Å². The van der Waals surface area contributed by atoms with Crippen molar-refractivity contribution in [2.24, 2.45) is 0 Å². The highest BCUT2D eigenvalue weighted by Gasteiger charge is 2.11. The number of methoxy groups -OCH3 is 1. The lowest BCUT2D eigenvalue weighted by Gasteiger charge is -2.22. The summed E-state index contributed by atoms with van der Waals surface area (Å²) in [5, 5.41) is 2.87. The number of hydrogen-bond donors (Lipinski definition) is 1. The number of benzene rings is 2.